The zero-order valence-corrected chi connectivity index (χ0v) is 71.8. The first-order chi connectivity index (χ1) is 57.2. The van der Waals surface area contributed by atoms with Crippen LogP contribution < -0.4 is 69.6 Å². The fourth-order valence-electron chi connectivity index (χ4n) is 13.6. The Morgan fingerprint density at radius 2 is 0.869 bits per heavy atom. The molecule has 0 aliphatic heterocycles. The lowest BCUT2D eigenvalue weighted by molar-refractivity contribution is -0.145. The molecular formula is C91H110F5N5O21. The van der Waals surface area contributed by atoms with Crippen molar-refractivity contribution in [1.29, 1.82) is 0 Å². The van der Waals surface area contributed by atoms with E-state index in [1.165, 1.54) is 28.4 Å². The van der Waals surface area contributed by atoms with Crippen molar-refractivity contribution >= 4 is 69.8 Å². The zero-order chi connectivity index (χ0) is 89.5. The van der Waals surface area contributed by atoms with E-state index < -0.39 is 94.3 Å². The number of ketones is 3. The number of anilines is 2. The van der Waals surface area contributed by atoms with E-state index in [0.717, 1.165) is 33.4 Å². The summed E-state index contributed by atoms with van der Waals surface area (Å²) in [5.41, 5.74) is 12.7. The second kappa shape index (κ2) is 45.0. The largest absolute Gasteiger partial charge is 0.495 e. The van der Waals surface area contributed by atoms with Gasteiger partial charge in [-0.05, 0) is 185 Å². The quantitative estimate of drug-likeness (QED) is 0.00773. The molecule has 0 saturated heterocycles. The number of rotatable bonds is 31. The molecule has 0 fully saturated rings. The molecule has 2 aliphatic carbocycles. The number of allylic oxidation sites excluding steroid dienone is 2. The molecule has 0 spiro atoms. The Hall–Kier alpha value is -12.1. The summed E-state index contributed by atoms with van der Waals surface area (Å²) in [6.07, 6.45) is 2.12. The lowest BCUT2D eigenvalue weighted by Crippen LogP contribution is -2.50. The van der Waals surface area contributed by atoms with Gasteiger partial charge >= 0.3 is 18.2 Å². The van der Waals surface area contributed by atoms with E-state index in [4.69, 9.17) is 53.1 Å². The Bertz CT molecular complexity index is 4900. The summed E-state index contributed by atoms with van der Waals surface area (Å²) in [6.45, 7) is 18.0. The van der Waals surface area contributed by atoms with Crippen LogP contribution in [0.5, 0.6) is 51.7 Å². The number of carbonyl (C=O) groups excluding carboxylic acids is 8. The maximum absolute atomic E-state index is 14.1. The number of methoxy groups -OCH3 is 8. The van der Waals surface area contributed by atoms with Crippen LogP contribution in [0.3, 0.4) is 0 Å². The first-order valence-electron chi connectivity index (χ1n) is 39.1. The number of fused-ring (bicyclic) bond motifs is 2. The first-order valence-corrected chi connectivity index (χ1v) is 39.1. The molecule has 0 radical (unpaired) electrons. The molecule has 0 aromatic heterocycles. The number of amides is 4. The van der Waals surface area contributed by atoms with Gasteiger partial charge in [-0.3, -0.25) is 24.0 Å². The highest BCUT2D eigenvalue weighted by Crippen LogP contribution is 2.49. The molecular weight excluding hydrogens is 1590 g/mol. The van der Waals surface area contributed by atoms with Crippen molar-refractivity contribution in [3.05, 3.63) is 195 Å². The number of esters is 1. The summed E-state index contributed by atoms with van der Waals surface area (Å²) in [6, 6.07) is 29.5. The van der Waals surface area contributed by atoms with Crippen molar-refractivity contribution in [2.24, 2.45) is 23.5 Å². The molecule has 9 rings (SSSR count). The van der Waals surface area contributed by atoms with Crippen LogP contribution in [-0.4, -0.2) is 150 Å². The minimum Gasteiger partial charge on any atom is -0.495 e. The number of aliphatic hydroxyl groups is 1. The number of halogens is 5. The van der Waals surface area contributed by atoms with E-state index in [0.29, 0.717) is 118 Å². The predicted octanol–water partition coefficient (Wildman–Crippen LogP) is 14.7. The van der Waals surface area contributed by atoms with E-state index in [-0.39, 0.29) is 72.2 Å². The molecule has 7 aromatic rings. The molecule has 26 nitrogen and oxygen atoms in total. The maximum atomic E-state index is 14.1. The Kier molecular flexibility index (Phi) is 36.4. The van der Waals surface area contributed by atoms with Crippen LogP contribution >= 0.6 is 0 Å². The standard InChI is InChI=1S/C43H54N2O9.C27H34N2O6.C21H20F5NO5.H2O/c1-26(2)19-29(21-32(47)23-30(20-27-13-11-10-12-14-27)44-42(49)54-43(3,4)5)41(48)45-36-22-28(15-18-37(36)50-6)34-24-31(46)16-17-33-35(34)25-38(51-7)40(53-9)39(33)52-8;1-15(2)11-21(28)27(31)29-22-12-16(7-10-23(22)32-3)19-13-17(30)8-9-18-20(19)14-24(33-4)26(35-6)25(18)34-5;1-21(2,3)32-20(30)27-11(9-10-7-5-4-6-8-10)17(28)19(29)31-18-15(25)13(23)12(22)14(24)16(18)26;/h10-15,18,22,24-26,29-30H,16-17,19-21,23H2,1-9H3,(H,44,49)(H,45,48);7,10,12-15,21H,8-9,11,28H2,1-6H3,(H,29,31);4-8,11,17,28H,9H2,1-3H3,(H,27,30);1H2. The van der Waals surface area contributed by atoms with Crippen LogP contribution in [0.15, 0.2) is 121 Å². The molecule has 2 aliphatic rings. The predicted molar refractivity (Wildman–Crippen MR) is 449 cm³/mol. The average Bonchev–Trinajstić information content (AvgIpc) is 1.64. The smallest absolute Gasteiger partial charge is 0.407 e. The van der Waals surface area contributed by atoms with Gasteiger partial charge in [0.2, 0.25) is 58.1 Å². The van der Waals surface area contributed by atoms with E-state index in [9.17, 15) is 65.4 Å². The van der Waals surface area contributed by atoms with Gasteiger partial charge in [0.05, 0.1) is 80.3 Å². The number of nitrogens with two attached hydrogens (primary N) is 1. The molecule has 5 unspecified atom stereocenters. The molecule has 0 bridgehead atoms. The topological polar surface area (TPSA) is 364 Å². The third-order valence-electron chi connectivity index (χ3n) is 19.0. The van der Waals surface area contributed by atoms with Crippen LogP contribution in [0.1, 0.15) is 152 Å². The number of nitrogens with one attached hydrogen (secondary N) is 4. The lowest BCUT2D eigenvalue weighted by atomic mass is 9.89. The Morgan fingerprint density at radius 1 is 0.467 bits per heavy atom. The Labute approximate surface area is 706 Å². The Morgan fingerprint density at radius 3 is 1.27 bits per heavy atom. The number of hydrogen-bond acceptors (Lipinski definition) is 21. The molecule has 9 N–H and O–H groups in total. The fourth-order valence-corrected chi connectivity index (χ4v) is 13.6. The van der Waals surface area contributed by atoms with E-state index in [1.807, 2.05) is 82.3 Å². The van der Waals surface area contributed by atoms with Gasteiger partial charge in [0.15, 0.2) is 40.7 Å². The summed E-state index contributed by atoms with van der Waals surface area (Å²) in [5, 5.41) is 21.4. The molecule has 7 aromatic carbocycles. The van der Waals surface area contributed by atoms with Gasteiger partial charge in [-0.15, -0.1) is 0 Å². The number of ether oxygens (including phenoxy) is 11. The second-order valence-electron chi connectivity index (χ2n) is 31.4. The summed E-state index contributed by atoms with van der Waals surface area (Å²) in [4.78, 5) is 104. The summed E-state index contributed by atoms with van der Waals surface area (Å²) in [5.74, 6) is -12.9. The summed E-state index contributed by atoms with van der Waals surface area (Å²) >= 11 is 0. The van der Waals surface area contributed by atoms with Crippen molar-refractivity contribution in [1.82, 2.24) is 10.6 Å². The number of aliphatic hydroxyl groups excluding tert-OH is 1. The van der Waals surface area contributed by atoms with E-state index in [2.05, 4.69) is 26.0 Å². The number of alkyl carbamates (subject to hydrolysis) is 2. The molecule has 31 heteroatoms. The van der Waals surface area contributed by atoms with Crippen LogP contribution in [0.25, 0.3) is 11.1 Å². The number of Topliss-reactive ketones (excluding diaryl/α,β-unsaturated/α-hetero) is 1. The van der Waals surface area contributed by atoms with Gasteiger partial charge in [0, 0.05) is 48.8 Å². The number of carbonyl (C=O) groups is 8. The molecule has 0 heterocycles. The van der Waals surface area contributed by atoms with Gasteiger partial charge in [0.25, 0.3) is 0 Å². The van der Waals surface area contributed by atoms with Crippen molar-refractivity contribution in [3.8, 4) is 51.7 Å². The van der Waals surface area contributed by atoms with Gasteiger partial charge in [-0.1, -0.05) is 100 Å². The van der Waals surface area contributed by atoms with Crippen LogP contribution in [-0.2, 0) is 63.9 Å². The van der Waals surface area contributed by atoms with Crippen molar-refractivity contribution in [3.63, 3.8) is 0 Å². The zero-order valence-electron chi connectivity index (χ0n) is 71.8. The molecule has 5 atom stereocenters. The first kappa shape index (κ1) is 98.7. The summed E-state index contributed by atoms with van der Waals surface area (Å²) in [7, 11) is 12.3. The fraction of sp³-hybridized carbons (Fsp3) is 0.407. The summed E-state index contributed by atoms with van der Waals surface area (Å²) < 4.78 is 127. The Balaban J connectivity index is 0.000000296. The molecule has 122 heavy (non-hydrogen) atoms. The van der Waals surface area contributed by atoms with Crippen molar-refractivity contribution in [2.45, 2.75) is 169 Å². The molecule has 4 amide bonds. The lowest BCUT2D eigenvalue weighted by Gasteiger charge is -2.26. The molecule has 0 saturated carbocycles. The minimum absolute atomic E-state index is 0. The van der Waals surface area contributed by atoms with Crippen molar-refractivity contribution in [2.75, 3.05) is 67.5 Å². The highest BCUT2D eigenvalue weighted by molar-refractivity contribution is 6.06. The second-order valence-corrected chi connectivity index (χ2v) is 31.4. The van der Waals surface area contributed by atoms with Gasteiger partial charge < -0.3 is 89.7 Å². The highest BCUT2D eigenvalue weighted by atomic mass is 19.2. The van der Waals surface area contributed by atoms with E-state index in [1.54, 1.807) is 137 Å². The third kappa shape index (κ3) is 27.0. The number of hydrogen-bond donors (Lipinski definition) is 6. The SMILES string of the molecule is CC(C)(C)OC(=O)NC(Cc1ccccc1)C(O)C(=O)Oc1c(F)c(F)c(F)c(F)c1F.COc1ccc(C2=CC(=O)CCc3c2cc(OC)c(OC)c3OC)cc1NC(=O)C(CC(=O)CC(Cc1ccccc1)NC(=O)OC(C)(C)C)CC(C)C.COc1ccc(C2=CC(=O)CCc3c2cc(OC)c(OC)c3OC)cc1NC(=O)C(N)CC(C)C.O. The monoisotopic (exact) mass is 1700 g/mol. The maximum Gasteiger partial charge on any atom is 0.407 e. The molecule has 660 valence electrons. The number of benzene rings is 7. The van der Waals surface area contributed by atoms with Crippen molar-refractivity contribution < 1.29 is 123 Å². The normalized spacial score (nSPS) is 13.6. The van der Waals surface area contributed by atoms with Gasteiger partial charge in [-0.25, -0.2) is 27.6 Å². The van der Waals surface area contributed by atoms with Crippen LogP contribution in [0, 0.1) is 46.8 Å². The third-order valence-corrected chi connectivity index (χ3v) is 19.0. The van der Waals surface area contributed by atoms with Crippen LogP contribution in [0.2, 0.25) is 0 Å². The minimum atomic E-state index is -2.44. The van der Waals surface area contributed by atoms with Gasteiger partial charge in [-0.2, -0.15) is 8.78 Å². The van der Waals surface area contributed by atoms with Gasteiger partial charge in [0.1, 0.15) is 28.5 Å². The average molecular weight is 1700 g/mol. The van der Waals surface area contributed by atoms with Crippen LogP contribution in [0.4, 0.5) is 42.9 Å². The van der Waals surface area contributed by atoms with E-state index >= 15 is 0 Å². The highest BCUT2D eigenvalue weighted by Gasteiger charge is 2.37.